The second-order valence-corrected chi connectivity index (χ2v) is 1.23. The van der Waals surface area contributed by atoms with Crippen LogP contribution in [0.5, 0.6) is 0 Å². The van der Waals surface area contributed by atoms with Gasteiger partial charge in [-0.3, -0.25) is 4.79 Å². The molecule has 0 aliphatic heterocycles. The van der Waals surface area contributed by atoms with Crippen molar-refractivity contribution in [3.05, 3.63) is 34.7 Å². The molecule has 1 aromatic heterocycles. The Labute approximate surface area is 65.2 Å². The molecule has 0 saturated heterocycles. The molecule has 4 heteroatoms. The van der Waals surface area contributed by atoms with Gasteiger partial charge in [0.15, 0.2) is 0 Å². The largest absolute Gasteiger partial charge is 0.412 e. The van der Waals surface area contributed by atoms with Crippen molar-refractivity contribution in [3.8, 4) is 0 Å². The van der Waals surface area contributed by atoms with Gasteiger partial charge >= 0.3 is 0 Å². The van der Waals surface area contributed by atoms with Gasteiger partial charge in [-0.15, -0.1) is 0 Å². The third-order valence-electron chi connectivity index (χ3n) is 0.681. The van der Waals surface area contributed by atoms with E-state index in [-0.39, 0.29) is 30.5 Å². The van der Waals surface area contributed by atoms with Gasteiger partial charge in [0.2, 0.25) is 5.56 Å². The molecule has 46 valence electrons. The van der Waals surface area contributed by atoms with Crippen molar-refractivity contribution in [3.63, 3.8) is 0 Å². The average molecular weight is 179 g/mol. The Morgan fingerprint density at radius 1 is 1.33 bits per heavy atom. The van der Waals surface area contributed by atoms with E-state index in [1.165, 1.54) is 6.07 Å². The summed E-state index contributed by atoms with van der Waals surface area (Å²) in [6, 6.07) is 4.93. The fraction of sp³-hybridized carbons (Fsp3) is 0. The van der Waals surface area contributed by atoms with E-state index in [1.807, 2.05) is 0 Å². The van der Waals surface area contributed by atoms with Gasteiger partial charge in [0.25, 0.3) is 0 Å². The molecule has 3 nitrogen and oxygen atoms in total. The molecular formula is C5H7NO2Zn. The van der Waals surface area contributed by atoms with Crippen LogP contribution in [0.1, 0.15) is 0 Å². The maximum absolute atomic E-state index is 10.2. The maximum Gasteiger partial charge on any atom is 0.247 e. The van der Waals surface area contributed by atoms with E-state index in [0.717, 1.165) is 0 Å². The standard InChI is InChI=1S/C5H5NO.H2O.Zn/c7-5-3-1-2-4-6-5;;/h1-4H,(H,6,7);1H2;. The van der Waals surface area contributed by atoms with Crippen molar-refractivity contribution in [1.82, 2.24) is 4.98 Å². The van der Waals surface area contributed by atoms with Gasteiger partial charge < -0.3 is 10.5 Å². The third kappa shape index (κ3) is 4.06. The predicted molar refractivity (Wildman–Crippen MR) is 30.7 cm³/mol. The van der Waals surface area contributed by atoms with E-state index in [9.17, 15) is 4.79 Å². The number of pyridine rings is 1. The van der Waals surface area contributed by atoms with Crippen LogP contribution in [0.25, 0.3) is 0 Å². The molecule has 0 bridgehead atoms. The molecule has 0 aliphatic carbocycles. The molecule has 0 radical (unpaired) electrons. The molecule has 0 unspecified atom stereocenters. The number of aromatic amines is 1. The Morgan fingerprint density at radius 2 is 2.00 bits per heavy atom. The summed E-state index contributed by atoms with van der Waals surface area (Å²) in [7, 11) is 0. The third-order valence-corrected chi connectivity index (χ3v) is 0.681. The van der Waals surface area contributed by atoms with Crippen LogP contribution in [0.3, 0.4) is 0 Å². The topological polar surface area (TPSA) is 64.4 Å². The molecule has 0 spiro atoms. The number of H-pyrrole nitrogens is 1. The van der Waals surface area contributed by atoms with Crippen molar-refractivity contribution >= 4 is 0 Å². The molecule has 0 amide bonds. The molecule has 1 heterocycles. The van der Waals surface area contributed by atoms with Crippen molar-refractivity contribution in [2.75, 3.05) is 0 Å². The molecule has 0 aromatic carbocycles. The van der Waals surface area contributed by atoms with Crippen molar-refractivity contribution in [2.24, 2.45) is 0 Å². The number of nitrogens with one attached hydrogen (secondary N) is 1. The molecule has 1 aromatic rings. The molecule has 0 saturated carbocycles. The normalized spacial score (nSPS) is 6.67. The summed E-state index contributed by atoms with van der Waals surface area (Å²) in [6.07, 6.45) is 1.60. The monoisotopic (exact) mass is 177 g/mol. The van der Waals surface area contributed by atoms with E-state index >= 15 is 0 Å². The number of aromatic nitrogens is 1. The maximum atomic E-state index is 10.2. The van der Waals surface area contributed by atoms with E-state index in [1.54, 1.807) is 18.3 Å². The zero-order chi connectivity index (χ0) is 5.11. The van der Waals surface area contributed by atoms with Crippen LogP contribution in [0, 0.1) is 0 Å². The van der Waals surface area contributed by atoms with Gasteiger partial charge in [-0.25, -0.2) is 0 Å². The Hall–Kier alpha value is -0.467. The summed E-state index contributed by atoms with van der Waals surface area (Å²) >= 11 is 0. The second kappa shape index (κ2) is 5.67. The minimum absolute atomic E-state index is 0. The zero-order valence-corrected chi connectivity index (χ0v) is 7.89. The van der Waals surface area contributed by atoms with Crippen molar-refractivity contribution in [2.45, 2.75) is 0 Å². The van der Waals surface area contributed by atoms with Crippen LogP contribution >= 0.6 is 0 Å². The van der Waals surface area contributed by atoms with E-state index in [2.05, 4.69) is 4.98 Å². The molecule has 0 aliphatic rings. The Kier molecular flexibility index (Phi) is 7.14. The molecule has 9 heavy (non-hydrogen) atoms. The van der Waals surface area contributed by atoms with Gasteiger partial charge in [0, 0.05) is 31.7 Å². The summed E-state index contributed by atoms with van der Waals surface area (Å²) in [5.74, 6) is 0. The van der Waals surface area contributed by atoms with Crippen molar-refractivity contribution in [1.29, 1.82) is 0 Å². The fourth-order valence-corrected chi connectivity index (χ4v) is 0.377. The smallest absolute Gasteiger partial charge is 0.247 e. The molecule has 0 atom stereocenters. The van der Waals surface area contributed by atoms with E-state index in [4.69, 9.17) is 0 Å². The number of hydrogen-bond donors (Lipinski definition) is 1. The number of hydrogen-bond acceptors (Lipinski definition) is 1. The predicted octanol–water partition coefficient (Wildman–Crippen LogP) is -0.452. The Morgan fingerprint density at radius 3 is 2.22 bits per heavy atom. The summed E-state index contributed by atoms with van der Waals surface area (Å²) < 4.78 is 0. The van der Waals surface area contributed by atoms with Crippen LogP contribution in [0.2, 0.25) is 0 Å². The summed E-state index contributed by atoms with van der Waals surface area (Å²) in [5, 5.41) is 0. The van der Waals surface area contributed by atoms with Gasteiger partial charge in [0.05, 0.1) is 0 Å². The Balaban J connectivity index is 0. The molecular weight excluding hydrogens is 171 g/mol. The molecule has 3 N–H and O–H groups in total. The summed E-state index contributed by atoms with van der Waals surface area (Å²) in [6.45, 7) is 0. The van der Waals surface area contributed by atoms with Gasteiger partial charge in [0.1, 0.15) is 0 Å². The molecule has 1 rings (SSSR count). The quantitative estimate of drug-likeness (QED) is 0.537. The van der Waals surface area contributed by atoms with Gasteiger partial charge in [-0.2, -0.15) is 0 Å². The van der Waals surface area contributed by atoms with Crippen LogP contribution in [0.4, 0.5) is 0 Å². The van der Waals surface area contributed by atoms with Crippen molar-refractivity contribution < 1.29 is 25.0 Å². The first-order chi connectivity index (χ1) is 3.39. The van der Waals surface area contributed by atoms with Crippen LogP contribution in [-0.4, -0.2) is 10.5 Å². The van der Waals surface area contributed by atoms with E-state index in [0.29, 0.717) is 0 Å². The number of rotatable bonds is 0. The van der Waals surface area contributed by atoms with Crippen LogP contribution in [0.15, 0.2) is 29.2 Å². The fourth-order valence-electron chi connectivity index (χ4n) is 0.377. The minimum atomic E-state index is -0.0532. The summed E-state index contributed by atoms with van der Waals surface area (Å²) in [4.78, 5) is 12.7. The minimum Gasteiger partial charge on any atom is -0.412 e. The van der Waals surface area contributed by atoms with E-state index < -0.39 is 0 Å². The van der Waals surface area contributed by atoms with Crippen LogP contribution < -0.4 is 5.56 Å². The first kappa shape index (κ1) is 11.3. The SMILES string of the molecule is O.O=c1cccc[nH]1.[Zn]. The molecule has 0 fully saturated rings. The average Bonchev–Trinajstić information content (AvgIpc) is 1.69. The second-order valence-electron chi connectivity index (χ2n) is 1.23. The van der Waals surface area contributed by atoms with Gasteiger partial charge in [-0.1, -0.05) is 6.07 Å². The van der Waals surface area contributed by atoms with Gasteiger partial charge in [-0.05, 0) is 6.07 Å². The summed E-state index contributed by atoms with van der Waals surface area (Å²) in [5.41, 5.74) is -0.0532. The first-order valence-corrected chi connectivity index (χ1v) is 2.03. The first-order valence-electron chi connectivity index (χ1n) is 2.03. The zero-order valence-electron chi connectivity index (χ0n) is 4.92. The Bertz CT molecular complexity index is 181. The van der Waals surface area contributed by atoms with Crippen LogP contribution in [-0.2, 0) is 19.5 Å².